The van der Waals surface area contributed by atoms with Gasteiger partial charge in [-0.3, -0.25) is 0 Å². The highest BCUT2D eigenvalue weighted by Crippen LogP contribution is 2.28. The summed E-state index contributed by atoms with van der Waals surface area (Å²) in [6.45, 7) is 5.75. The minimum absolute atomic E-state index is 0.730. The molecule has 0 amide bonds. The molecule has 2 aromatic rings. The van der Waals surface area contributed by atoms with Gasteiger partial charge in [0, 0.05) is 12.2 Å². The van der Waals surface area contributed by atoms with E-state index in [0.717, 1.165) is 43.2 Å². The van der Waals surface area contributed by atoms with Gasteiger partial charge < -0.3 is 14.8 Å². The Labute approximate surface area is 133 Å². The quantitative estimate of drug-likeness (QED) is 0.711. The second-order valence-electron chi connectivity index (χ2n) is 5.36. The molecule has 0 aliphatic carbocycles. The number of para-hydroxylation sites is 1. The molecule has 0 aliphatic rings. The third-order valence-corrected chi connectivity index (χ3v) is 3.61. The standard InChI is InChI=1S/C19H25NO2/c1-4-5-12-22-18-11-10-16(13-19(18)21-3)14-20-17-9-7-6-8-15(17)2/h6-11,13,20H,4-5,12,14H2,1-3H3. The number of hydrogen-bond acceptors (Lipinski definition) is 3. The van der Waals surface area contributed by atoms with Crippen molar-refractivity contribution in [2.75, 3.05) is 19.0 Å². The molecular formula is C19H25NO2. The first-order chi connectivity index (χ1) is 10.7. The van der Waals surface area contributed by atoms with Crippen LogP contribution in [0, 0.1) is 6.92 Å². The third kappa shape index (κ3) is 4.42. The summed E-state index contributed by atoms with van der Waals surface area (Å²) >= 11 is 0. The molecule has 0 saturated heterocycles. The molecule has 2 rings (SSSR count). The molecule has 118 valence electrons. The van der Waals surface area contributed by atoms with Gasteiger partial charge in [-0.1, -0.05) is 37.6 Å². The van der Waals surface area contributed by atoms with Gasteiger partial charge in [-0.15, -0.1) is 0 Å². The average Bonchev–Trinajstić information content (AvgIpc) is 2.55. The minimum Gasteiger partial charge on any atom is -0.493 e. The average molecular weight is 299 g/mol. The van der Waals surface area contributed by atoms with Crippen molar-refractivity contribution in [3.63, 3.8) is 0 Å². The van der Waals surface area contributed by atoms with Crippen molar-refractivity contribution in [1.29, 1.82) is 0 Å². The number of benzene rings is 2. The predicted octanol–water partition coefficient (Wildman–Crippen LogP) is 4.79. The molecule has 22 heavy (non-hydrogen) atoms. The zero-order valence-electron chi connectivity index (χ0n) is 13.7. The van der Waals surface area contributed by atoms with Crippen LogP contribution in [-0.2, 0) is 6.54 Å². The van der Waals surface area contributed by atoms with Gasteiger partial charge in [0.25, 0.3) is 0 Å². The molecule has 0 unspecified atom stereocenters. The molecule has 0 atom stereocenters. The zero-order chi connectivity index (χ0) is 15.8. The molecule has 0 aliphatic heterocycles. The Morgan fingerprint density at radius 3 is 2.59 bits per heavy atom. The number of unbranched alkanes of at least 4 members (excludes halogenated alkanes) is 1. The van der Waals surface area contributed by atoms with Gasteiger partial charge in [-0.05, 0) is 42.7 Å². The number of nitrogens with one attached hydrogen (secondary N) is 1. The summed E-state index contributed by atoms with van der Waals surface area (Å²) in [5.74, 6) is 1.61. The van der Waals surface area contributed by atoms with Crippen LogP contribution >= 0.6 is 0 Å². The molecule has 0 saturated carbocycles. The molecule has 0 bridgehead atoms. The van der Waals surface area contributed by atoms with Crippen LogP contribution in [0.4, 0.5) is 5.69 Å². The highest BCUT2D eigenvalue weighted by Gasteiger charge is 2.06. The summed E-state index contributed by atoms with van der Waals surface area (Å²) < 4.78 is 11.2. The number of anilines is 1. The Hall–Kier alpha value is -2.16. The number of methoxy groups -OCH3 is 1. The summed E-state index contributed by atoms with van der Waals surface area (Å²) in [7, 11) is 1.68. The summed E-state index contributed by atoms with van der Waals surface area (Å²) in [4.78, 5) is 0. The maximum atomic E-state index is 5.76. The van der Waals surface area contributed by atoms with E-state index in [1.54, 1.807) is 7.11 Å². The Morgan fingerprint density at radius 2 is 1.86 bits per heavy atom. The lowest BCUT2D eigenvalue weighted by atomic mass is 10.1. The van der Waals surface area contributed by atoms with Crippen LogP contribution in [0.15, 0.2) is 42.5 Å². The van der Waals surface area contributed by atoms with Crippen molar-refractivity contribution < 1.29 is 9.47 Å². The van der Waals surface area contributed by atoms with Crippen molar-refractivity contribution in [1.82, 2.24) is 0 Å². The normalized spacial score (nSPS) is 10.3. The molecule has 0 aromatic heterocycles. The van der Waals surface area contributed by atoms with E-state index in [1.165, 1.54) is 11.1 Å². The van der Waals surface area contributed by atoms with Crippen LogP contribution < -0.4 is 14.8 Å². The van der Waals surface area contributed by atoms with Gasteiger partial charge in [-0.25, -0.2) is 0 Å². The van der Waals surface area contributed by atoms with Crippen LogP contribution in [-0.4, -0.2) is 13.7 Å². The summed E-state index contributed by atoms with van der Waals surface area (Å²) in [6.07, 6.45) is 2.18. The Kier molecular flexibility index (Phi) is 6.13. The van der Waals surface area contributed by atoms with Crippen molar-refractivity contribution in [2.24, 2.45) is 0 Å². The smallest absolute Gasteiger partial charge is 0.161 e. The molecule has 2 aromatic carbocycles. The Balaban J connectivity index is 2.01. The fourth-order valence-corrected chi connectivity index (χ4v) is 2.24. The van der Waals surface area contributed by atoms with E-state index in [4.69, 9.17) is 9.47 Å². The SMILES string of the molecule is CCCCOc1ccc(CNc2ccccc2C)cc1OC. The maximum absolute atomic E-state index is 5.76. The van der Waals surface area contributed by atoms with E-state index < -0.39 is 0 Å². The first-order valence-electron chi connectivity index (χ1n) is 7.83. The number of ether oxygens (including phenoxy) is 2. The molecule has 3 heteroatoms. The van der Waals surface area contributed by atoms with Crippen molar-refractivity contribution >= 4 is 5.69 Å². The first-order valence-corrected chi connectivity index (χ1v) is 7.83. The molecule has 0 radical (unpaired) electrons. The van der Waals surface area contributed by atoms with Gasteiger partial charge in [0.2, 0.25) is 0 Å². The minimum atomic E-state index is 0.730. The Bertz CT molecular complexity index is 596. The van der Waals surface area contributed by atoms with Gasteiger partial charge in [0.1, 0.15) is 0 Å². The molecule has 1 N–H and O–H groups in total. The third-order valence-electron chi connectivity index (χ3n) is 3.61. The van der Waals surface area contributed by atoms with E-state index in [0.29, 0.717) is 0 Å². The van der Waals surface area contributed by atoms with Gasteiger partial charge in [0.05, 0.1) is 13.7 Å². The summed E-state index contributed by atoms with van der Waals surface area (Å²) in [6, 6.07) is 14.4. The van der Waals surface area contributed by atoms with Crippen LogP contribution in [0.1, 0.15) is 30.9 Å². The molecule has 0 heterocycles. The molecule has 0 fully saturated rings. The second-order valence-corrected chi connectivity index (χ2v) is 5.36. The molecule has 0 spiro atoms. The molecule has 3 nitrogen and oxygen atoms in total. The zero-order valence-corrected chi connectivity index (χ0v) is 13.7. The lowest BCUT2D eigenvalue weighted by Gasteiger charge is -2.13. The van der Waals surface area contributed by atoms with E-state index in [9.17, 15) is 0 Å². The van der Waals surface area contributed by atoms with Crippen molar-refractivity contribution in [3.8, 4) is 11.5 Å². The fourth-order valence-electron chi connectivity index (χ4n) is 2.24. The van der Waals surface area contributed by atoms with Crippen molar-refractivity contribution in [3.05, 3.63) is 53.6 Å². The topological polar surface area (TPSA) is 30.5 Å². The monoisotopic (exact) mass is 299 g/mol. The summed E-state index contributed by atoms with van der Waals surface area (Å²) in [5.41, 5.74) is 3.57. The van der Waals surface area contributed by atoms with E-state index in [2.05, 4.69) is 37.4 Å². The van der Waals surface area contributed by atoms with Crippen LogP contribution in [0.25, 0.3) is 0 Å². The van der Waals surface area contributed by atoms with Gasteiger partial charge >= 0.3 is 0 Å². The second kappa shape index (κ2) is 8.32. The maximum Gasteiger partial charge on any atom is 0.161 e. The highest BCUT2D eigenvalue weighted by atomic mass is 16.5. The largest absolute Gasteiger partial charge is 0.493 e. The van der Waals surface area contributed by atoms with Crippen molar-refractivity contribution in [2.45, 2.75) is 33.2 Å². The number of aryl methyl sites for hydroxylation is 1. The lowest BCUT2D eigenvalue weighted by Crippen LogP contribution is -2.03. The van der Waals surface area contributed by atoms with E-state index in [1.807, 2.05) is 24.3 Å². The van der Waals surface area contributed by atoms with E-state index >= 15 is 0 Å². The Morgan fingerprint density at radius 1 is 1.05 bits per heavy atom. The van der Waals surface area contributed by atoms with Crippen LogP contribution in [0.2, 0.25) is 0 Å². The number of hydrogen-bond donors (Lipinski definition) is 1. The lowest BCUT2D eigenvalue weighted by molar-refractivity contribution is 0.288. The predicted molar refractivity (Wildman–Crippen MR) is 91.9 cm³/mol. The van der Waals surface area contributed by atoms with Crippen LogP contribution in [0.3, 0.4) is 0 Å². The van der Waals surface area contributed by atoms with E-state index in [-0.39, 0.29) is 0 Å². The van der Waals surface area contributed by atoms with Gasteiger partial charge in [0.15, 0.2) is 11.5 Å². The fraction of sp³-hybridized carbons (Fsp3) is 0.368. The first kappa shape index (κ1) is 16.2. The number of rotatable bonds is 8. The molecular weight excluding hydrogens is 274 g/mol. The highest BCUT2D eigenvalue weighted by molar-refractivity contribution is 5.51. The van der Waals surface area contributed by atoms with Crippen LogP contribution in [0.5, 0.6) is 11.5 Å². The van der Waals surface area contributed by atoms with Gasteiger partial charge in [-0.2, -0.15) is 0 Å². The summed E-state index contributed by atoms with van der Waals surface area (Å²) in [5, 5.41) is 3.46.